The van der Waals surface area contributed by atoms with Gasteiger partial charge in [0.2, 0.25) is 0 Å². The van der Waals surface area contributed by atoms with Crippen LogP contribution in [0.2, 0.25) is 0 Å². The van der Waals surface area contributed by atoms with E-state index < -0.39 is 0 Å². The van der Waals surface area contributed by atoms with E-state index in [2.05, 4.69) is 61.9 Å². The molecule has 0 aliphatic heterocycles. The summed E-state index contributed by atoms with van der Waals surface area (Å²) in [5, 5.41) is 0. The van der Waals surface area contributed by atoms with Crippen LogP contribution in [0, 0.1) is 0 Å². The molecule has 0 atom stereocenters. The van der Waals surface area contributed by atoms with Crippen molar-refractivity contribution < 1.29 is 39.8 Å². The molecule has 1 aromatic rings. The first-order valence-corrected chi connectivity index (χ1v) is 4.19. The van der Waals surface area contributed by atoms with Crippen molar-refractivity contribution in [1.82, 2.24) is 0 Å². The summed E-state index contributed by atoms with van der Waals surface area (Å²) in [5.74, 6) is 0. The number of carbonyl (C=O) groups excluding carboxylic acids is 5. The predicted molar refractivity (Wildman–Crippen MR) is 60.1 cm³/mol. The van der Waals surface area contributed by atoms with Crippen molar-refractivity contribution in [1.29, 1.82) is 0 Å². The van der Waals surface area contributed by atoms with Gasteiger partial charge in [-0.2, -0.15) is 0 Å². The van der Waals surface area contributed by atoms with Crippen molar-refractivity contribution in [2.24, 2.45) is 0 Å². The van der Waals surface area contributed by atoms with Crippen molar-refractivity contribution in [2.75, 3.05) is 0 Å². The fourth-order valence-corrected chi connectivity index (χ4v) is 0.777. The third-order valence-corrected chi connectivity index (χ3v) is 1.36. The molecule has 0 bridgehead atoms. The fraction of sp³-hybridized carbons (Fsp3) is 0. The molecule has 0 unspecified atom stereocenters. The fourth-order valence-electron chi connectivity index (χ4n) is 0.532. The molecule has 0 aromatic heterocycles. The SMILES string of the molecule is [C]=O.[C]=O.[C]=O.[C]=O.[C]=O.[Cr]=[CH]c1ccccc1. The molecule has 0 heterocycles. The Balaban J connectivity index is -0.0000000482. The zero-order valence-electron chi connectivity index (χ0n) is 8.91. The summed E-state index contributed by atoms with van der Waals surface area (Å²) in [6.45, 7) is 22.5. The number of hydrogen-bond donors (Lipinski definition) is 0. The quantitative estimate of drug-likeness (QED) is 0.686. The van der Waals surface area contributed by atoms with Crippen LogP contribution in [0.3, 0.4) is 0 Å². The average molecular weight is 282 g/mol. The summed E-state index contributed by atoms with van der Waals surface area (Å²) >= 11 is 2.83. The molecule has 0 aliphatic carbocycles. The van der Waals surface area contributed by atoms with Crippen LogP contribution in [0.25, 0.3) is 0 Å². The zero-order valence-corrected chi connectivity index (χ0v) is 10.2. The summed E-state index contributed by atoms with van der Waals surface area (Å²) < 4.78 is 0. The molecule has 10 radical (unpaired) electrons. The van der Waals surface area contributed by atoms with E-state index in [1.54, 1.807) is 0 Å². The van der Waals surface area contributed by atoms with Crippen molar-refractivity contribution >= 4 is 38.8 Å². The summed E-state index contributed by atoms with van der Waals surface area (Å²) in [4.78, 5) is 39.5. The first-order valence-electron chi connectivity index (χ1n) is 3.46. The Hall–Kier alpha value is -2.03. The Morgan fingerprint density at radius 2 is 0.944 bits per heavy atom. The molecule has 6 heteroatoms. The predicted octanol–water partition coefficient (Wildman–Crippen LogP) is -0.602. The van der Waals surface area contributed by atoms with Gasteiger partial charge in [0.05, 0.1) is 0 Å². The normalized spacial score (nSPS) is 4.89. The van der Waals surface area contributed by atoms with E-state index in [9.17, 15) is 0 Å². The third kappa shape index (κ3) is 37.0. The average Bonchev–Trinajstić information content (AvgIpc) is 2.57. The van der Waals surface area contributed by atoms with Crippen molar-refractivity contribution in [3.8, 4) is 0 Å². The second kappa shape index (κ2) is 60.1. The van der Waals surface area contributed by atoms with Crippen LogP contribution in [0.1, 0.15) is 5.56 Å². The minimum absolute atomic E-state index is 1.23. The number of benzene rings is 1. The molecule has 0 N–H and O–H groups in total. The van der Waals surface area contributed by atoms with Crippen molar-refractivity contribution in [3.63, 3.8) is 0 Å². The summed E-state index contributed by atoms with van der Waals surface area (Å²) in [6.07, 6.45) is 0. The molecular formula is C12H6CrO5. The van der Waals surface area contributed by atoms with Crippen LogP contribution in [0.15, 0.2) is 30.3 Å². The van der Waals surface area contributed by atoms with Crippen molar-refractivity contribution in [3.05, 3.63) is 35.9 Å². The second-order valence-electron chi connectivity index (χ2n) is 1.53. The summed E-state index contributed by atoms with van der Waals surface area (Å²) in [6, 6.07) is 10.1. The molecule has 1 rings (SSSR count). The second-order valence-corrected chi connectivity index (χ2v) is 1.90. The summed E-state index contributed by atoms with van der Waals surface area (Å²) in [7, 11) is 0. The Kier molecular flexibility index (Phi) is 99.3. The van der Waals surface area contributed by atoms with Gasteiger partial charge in [0, 0.05) is 0 Å². The number of hydrogen-bond acceptors (Lipinski definition) is 5. The number of rotatable bonds is 1. The van der Waals surface area contributed by atoms with Crippen molar-refractivity contribution in [2.45, 2.75) is 0 Å². The third-order valence-electron chi connectivity index (χ3n) is 0.936. The van der Waals surface area contributed by atoms with Gasteiger partial charge < -0.3 is 0 Å². The molecule has 90 valence electrons. The Labute approximate surface area is 115 Å². The van der Waals surface area contributed by atoms with Gasteiger partial charge in [-0.05, 0) is 0 Å². The Bertz CT molecular complexity index is 232. The van der Waals surface area contributed by atoms with Gasteiger partial charge in [-0.25, -0.2) is 0 Å². The molecule has 0 saturated carbocycles. The van der Waals surface area contributed by atoms with Crippen LogP contribution in [0.4, 0.5) is 0 Å². The maximum atomic E-state index is 7.50. The van der Waals surface area contributed by atoms with Gasteiger partial charge >= 0.3 is 56.6 Å². The molecule has 0 fully saturated rings. The van der Waals surface area contributed by atoms with E-state index in [-0.39, 0.29) is 0 Å². The standard InChI is InChI=1S/C7H6.5CO.Cr/c1-7-5-3-2-4-6-7;5*1-2;/h1-6H;;;;;;. The van der Waals surface area contributed by atoms with Gasteiger partial charge in [0.25, 0.3) is 33.9 Å². The van der Waals surface area contributed by atoms with Gasteiger partial charge in [-0.15, -0.1) is 0 Å². The van der Waals surface area contributed by atoms with E-state index in [4.69, 9.17) is 24.0 Å². The molecular weight excluding hydrogens is 276 g/mol. The van der Waals surface area contributed by atoms with E-state index in [1.165, 1.54) is 5.56 Å². The van der Waals surface area contributed by atoms with Gasteiger partial charge in [-0.3, -0.25) is 24.0 Å². The monoisotopic (exact) mass is 282 g/mol. The van der Waals surface area contributed by atoms with E-state index >= 15 is 0 Å². The molecule has 0 spiro atoms. The molecule has 0 amide bonds. The van der Waals surface area contributed by atoms with Crippen LogP contribution < -0.4 is 0 Å². The zero-order chi connectivity index (χ0) is 15.8. The van der Waals surface area contributed by atoms with E-state index in [0.717, 1.165) is 0 Å². The first kappa shape index (κ1) is 29.7. The van der Waals surface area contributed by atoms with E-state index in [1.807, 2.05) is 23.1 Å². The van der Waals surface area contributed by atoms with Gasteiger partial charge in [0.15, 0.2) is 0 Å². The molecule has 5 nitrogen and oxygen atoms in total. The van der Waals surface area contributed by atoms with Gasteiger partial charge in [-0.1, -0.05) is 0 Å². The first-order chi connectivity index (χ1) is 8.93. The maximum absolute atomic E-state index is 7.50. The Morgan fingerprint density at radius 1 is 0.667 bits per heavy atom. The molecule has 18 heavy (non-hydrogen) atoms. The van der Waals surface area contributed by atoms with Crippen LogP contribution in [-0.2, 0) is 39.8 Å². The molecule has 0 aliphatic rings. The van der Waals surface area contributed by atoms with Gasteiger partial charge in [0.1, 0.15) is 0 Å². The Morgan fingerprint density at radius 3 is 1.11 bits per heavy atom. The molecule has 1 aromatic carbocycles. The molecule has 0 saturated heterocycles. The van der Waals surface area contributed by atoms with Crippen LogP contribution in [-0.4, -0.2) is 38.8 Å². The van der Waals surface area contributed by atoms with E-state index in [0.29, 0.717) is 0 Å². The minimum atomic E-state index is 1.23. The van der Waals surface area contributed by atoms with Crippen LogP contribution in [0.5, 0.6) is 0 Å². The topological polar surface area (TPSA) is 85.3 Å². The summed E-state index contributed by atoms with van der Waals surface area (Å²) in [5.41, 5.74) is 1.23. The van der Waals surface area contributed by atoms with Crippen LogP contribution >= 0.6 is 0 Å².